The lowest BCUT2D eigenvalue weighted by molar-refractivity contribution is -0.0790. The number of likely N-dealkylation sites (N-methyl/N-ethyl adjacent to an activating group) is 1. The summed E-state index contributed by atoms with van der Waals surface area (Å²) < 4.78 is 6.24. The Morgan fingerprint density at radius 1 is 1.18 bits per heavy atom. The van der Waals surface area contributed by atoms with Crippen molar-refractivity contribution in [3.63, 3.8) is 0 Å². The topological polar surface area (TPSA) is 24.5 Å². The van der Waals surface area contributed by atoms with Crippen molar-refractivity contribution in [3.8, 4) is 0 Å². The summed E-state index contributed by atoms with van der Waals surface area (Å²) in [6.45, 7) is 13.3. The van der Waals surface area contributed by atoms with E-state index in [1.807, 2.05) is 7.05 Å². The monoisotopic (exact) mass is 242 g/mol. The van der Waals surface area contributed by atoms with E-state index in [2.05, 4.69) is 51.9 Å². The number of hydrogen-bond donors (Lipinski definition) is 1. The van der Waals surface area contributed by atoms with Gasteiger partial charge in [-0.05, 0) is 54.8 Å². The van der Waals surface area contributed by atoms with Crippen LogP contribution in [0.1, 0.15) is 41.0 Å². The molecule has 0 spiro atoms. The third-order valence-corrected chi connectivity index (χ3v) is 4.00. The zero-order chi connectivity index (χ0) is 13.3. The van der Waals surface area contributed by atoms with Gasteiger partial charge in [-0.1, -0.05) is 6.92 Å². The largest absolute Gasteiger partial charge is 0.368 e. The van der Waals surface area contributed by atoms with Crippen LogP contribution in [0.4, 0.5) is 0 Å². The van der Waals surface area contributed by atoms with Gasteiger partial charge in [0, 0.05) is 18.5 Å². The Morgan fingerprint density at radius 3 is 2.24 bits per heavy atom. The number of nitrogens with one attached hydrogen (secondary N) is 1. The average molecular weight is 242 g/mol. The molecule has 0 bridgehead atoms. The molecule has 3 heteroatoms. The molecule has 2 unspecified atom stereocenters. The molecule has 1 saturated heterocycles. The minimum Gasteiger partial charge on any atom is -0.368 e. The SMILES string of the molecule is CCCN(C)CC1C(NC)C(C)(C)OC1(C)C. The Hall–Kier alpha value is -0.120. The van der Waals surface area contributed by atoms with Gasteiger partial charge in [0.2, 0.25) is 0 Å². The number of ether oxygens (including phenoxy) is 1. The van der Waals surface area contributed by atoms with Gasteiger partial charge in [-0.3, -0.25) is 0 Å². The van der Waals surface area contributed by atoms with Crippen LogP contribution in [0.15, 0.2) is 0 Å². The summed E-state index contributed by atoms with van der Waals surface area (Å²) in [4.78, 5) is 2.42. The maximum Gasteiger partial charge on any atom is 0.0790 e. The third-order valence-electron chi connectivity index (χ3n) is 4.00. The van der Waals surface area contributed by atoms with E-state index in [0.717, 1.165) is 13.1 Å². The average Bonchev–Trinajstić information content (AvgIpc) is 2.31. The first-order valence-corrected chi connectivity index (χ1v) is 6.80. The van der Waals surface area contributed by atoms with Gasteiger partial charge in [0.15, 0.2) is 0 Å². The number of rotatable bonds is 5. The molecule has 0 saturated carbocycles. The van der Waals surface area contributed by atoms with Gasteiger partial charge in [-0.25, -0.2) is 0 Å². The Kier molecular flexibility index (Phi) is 4.61. The fourth-order valence-corrected chi connectivity index (χ4v) is 3.39. The van der Waals surface area contributed by atoms with E-state index >= 15 is 0 Å². The molecule has 0 aromatic heterocycles. The van der Waals surface area contributed by atoms with Crippen molar-refractivity contribution in [2.45, 2.75) is 58.3 Å². The summed E-state index contributed by atoms with van der Waals surface area (Å²) in [7, 11) is 4.25. The van der Waals surface area contributed by atoms with Gasteiger partial charge in [0.05, 0.1) is 11.2 Å². The van der Waals surface area contributed by atoms with E-state index in [9.17, 15) is 0 Å². The van der Waals surface area contributed by atoms with Crippen LogP contribution in [0.2, 0.25) is 0 Å². The molecule has 102 valence electrons. The second kappa shape index (κ2) is 5.25. The van der Waals surface area contributed by atoms with E-state index < -0.39 is 0 Å². The van der Waals surface area contributed by atoms with Gasteiger partial charge in [0.25, 0.3) is 0 Å². The van der Waals surface area contributed by atoms with Gasteiger partial charge < -0.3 is 15.0 Å². The van der Waals surface area contributed by atoms with Crippen molar-refractivity contribution in [2.24, 2.45) is 5.92 Å². The molecule has 1 fully saturated rings. The lowest BCUT2D eigenvalue weighted by atomic mass is 9.82. The van der Waals surface area contributed by atoms with Crippen molar-refractivity contribution in [3.05, 3.63) is 0 Å². The van der Waals surface area contributed by atoms with Crippen LogP contribution in [-0.2, 0) is 4.74 Å². The fourth-order valence-electron chi connectivity index (χ4n) is 3.39. The van der Waals surface area contributed by atoms with Gasteiger partial charge in [0.1, 0.15) is 0 Å². The van der Waals surface area contributed by atoms with Crippen molar-refractivity contribution in [1.29, 1.82) is 0 Å². The van der Waals surface area contributed by atoms with Crippen molar-refractivity contribution >= 4 is 0 Å². The molecular weight excluding hydrogens is 212 g/mol. The van der Waals surface area contributed by atoms with Crippen LogP contribution in [0.5, 0.6) is 0 Å². The predicted molar refractivity (Wildman–Crippen MR) is 73.4 cm³/mol. The Balaban J connectivity index is 2.79. The summed E-state index contributed by atoms with van der Waals surface area (Å²) in [6, 6.07) is 0.414. The highest BCUT2D eigenvalue weighted by Crippen LogP contribution is 2.42. The molecule has 3 nitrogen and oxygen atoms in total. The first-order chi connectivity index (χ1) is 7.74. The predicted octanol–water partition coefficient (Wildman–Crippen LogP) is 2.12. The van der Waals surface area contributed by atoms with Crippen LogP contribution in [0.3, 0.4) is 0 Å². The lowest BCUT2D eigenvalue weighted by Crippen LogP contribution is -2.49. The zero-order valence-electron chi connectivity index (χ0n) is 12.6. The number of hydrogen-bond acceptors (Lipinski definition) is 3. The van der Waals surface area contributed by atoms with Crippen LogP contribution in [-0.4, -0.2) is 49.3 Å². The van der Waals surface area contributed by atoms with Crippen LogP contribution in [0.25, 0.3) is 0 Å². The second-order valence-electron chi connectivity index (χ2n) is 6.44. The first kappa shape index (κ1) is 14.9. The van der Waals surface area contributed by atoms with Gasteiger partial charge in [-0.2, -0.15) is 0 Å². The molecule has 0 aromatic carbocycles. The Labute approximate surface area is 107 Å². The van der Waals surface area contributed by atoms with Crippen molar-refractivity contribution in [2.75, 3.05) is 27.2 Å². The quantitative estimate of drug-likeness (QED) is 0.799. The minimum absolute atomic E-state index is 0.0564. The molecule has 1 rings (SSSR count). The minimum atomic E-state index is -0.0873. The normalized spacial score (nSPS) is 31.1. The van der Waals surface area contributed by atoms with E-state index in [1.165, 1.54) is 6.42 Å². The summed E-state index contributed by atoms with van der Waals surface area (Å²) in [5, 5.41) is 3.46. The van der Waals surface area contributed by atoms with E-state index in [4.69, 9.17) is 4.74 Å². The van der Waals surface area contributed by atoms with E-state index in [1.54, 1.807) is 0 Å². The summed E-state index contributed by atoms with van der Waals surface area (Å²) in [5.41, 5.74) is -0.144. The smallest absolute Gasteiger partial charge is 0.0790 e. The molecule has 2 atom stereocenters. The standard InChI is InChI=1S/C14H30N2O/c1-8-9-16(7)10-11-12(15-6)14(4,5)17-13(11,2)3/h11-12,15H,8-10H2,1-7H3. The molecule has 0 amide bonds. The molecular formula is C14H30N2O. The molecule has 0 aromatic rings. The molecule has 1 aliphatic heterocycles. The maximum absolute atomic E-state index is 6.24. The summed E-state index contributed by atoms with van der Waals surface area (Å²) in [5.74, 6) is 0.527. The fraction of sp³-hybridized carbons (Fsp3) is 1.00. The second-order valence-corrected chi connectivity index (χ2v) is 6.44. The highest BCUT2D eigenvalue weighted by atomic mass is 16.5. The Morgan fingerprint density at radius 2 is 1.76 bits per heavy atom. The lowest BCUT2D eigenvalue weighted by Gasteiger charge is -2.32. The maximum atomic E-state index is 6.24. The molecule has 17 heavy (non-hydrogen) atoms. The van der Waals surface area contributed by atoms with E-state index in [0.29, 0.717) is 12.0 Å². The van der Waals surface area contributed by atoms with Crippen LogP contribution >= 0.6 is 0 Å². The van der Waals surface area contributed by atoms with Gasteiger partial charge >= 0.3 is 0 Å². The highest BCUT2D eigenvalue weighted by Gasteiger charge is 2.53. The zero-order valence-corrected chi connectivity index (χ0v) is 12.6. The van der Waals surface area contributed by atoms with Crippen molar-refractivity contribution < 1.29 is 4.74 Å². The van der Waals surface area contributed by atoms with Crippen LogP contribution < -0.4 is 5.32 Å². The van der Waals surface area contributed by atoms with Crippen LogP contribution in [0, 0.1) is 5.92 Å². The number of nitrogens with zero attached hydrogens (tertiary/aromatic N) is 1. The molecule has 0 radical (unpaired) electrons. The summed E-state index contributed by atoms with van der Waals surface area (Å²) in [6.07, 6.45) is 1.21. The Bertz CT molecular complexity index is 251. The van der Waals surface area contributed by atoms with Crippen molar-refractivity contribution in [1.82, 2.24) is 10.2 Å². The summed E-state index contributed by atoms with van der Waals surface area (Å²) >= 11 is 0. The molecule has 1 N–H and O–H groups in total. The molecule has 1 aliphatic rings. The molecule has 1 heterocycles. The van der Waals surface area contributed by atoms with E-state index in [-0.39, 0.29) is 11.2 Å². The first-order valence-electron chi connectivity index (χ1n) is 6.80. The third kappa shape index (κ3) is 3.21. The highest BCUT2D eigenvalue weighted by molar-refractivity contribution is 5.05. The molecule has 0 aliphatic carbocycles. The van der Waals surface area contributed by atoms with Gasteiger partial charge in [-0.15, -0.1) is 0 Å².